The molecule has 0 spiro atoms. The standard InChI is InChI=1S/C21H22ClFN4O2S2/c1-27(2)19-10-14-6-4-3-5-13(14)9-18(19)25-17-12-16(23)20(11-15(17)22)31(28,29)26-21-24-7-8-30-21/h3-8,11-12,18-19,25H,9-10H2,1-2H3,(H,24,26)/t18-,19-/m0/s1. The summed E-state index contributed by atoms with van der Waals surface area (Å²) in [7, 11) is -0.129. The Morgan fingerprint density at radius 1 is 1.19 bits per heavy atom. The van der Waals surface area contributed by atoms with Crippen LogP contribution in [0.4, 0.5) is 15.2 Å². The summed E-state index contributed by atoms with van der Waals surface area (Å²) in [6, 6.07) is 10.7. The van der Waals surface area contributed by atoms with Gasteiger partial charge >= 0.3 is 0 Å². The Balaban J connectivity index is 1.61. The number of anilines is 2. The minimum Gasteiger partial charge on any atom is -0.379 e. The molecular formula is C21H22ClFN4O2S2. The summed E-state index contributed by atoms with van der Waals surface area (Å²) in [6.45, 7) is 0. The van der Waals surface area contributed by atoms with Crippen molar-refractivity contribution < 1.29 is 12.8 Å². The first-order valence-electron chi connectivity index (χ1n) is 9.65. The quantitative estimate of drug-likeness (QED) is 0.552. The second-order valence-electron chi connectivity index (χ2n) is 7.66. The molecule has 0 fully saturated rings. The Hall–Kier alpha value is -2.20. The maximum absolute atomic E-state index is 14.9. The first-order chi connectivity index (χ1) is 14.7. The van der Waals surface area contributed by atoms with E-state index in [0.29, 0.717) is 5.69 Å². The van der Waals surface area contributed by atoms with Crippen LogP contribution in [0.2, 0.25) is 5.02 Å². The van der Waals surface area contributed by atoms with Gasteiger partial charge in [0, 0.05) is 23.7 Å². The summed E-state index contributed by atoms with van der Waals surface area (Å²) in [5.41, 5.74) is 2.90. The van der Waals surface area contributed by atoms with E-state index in [0.717, 1.165) is 36.3 Å². The SMILES string of the molecule is CN(C)[C@H]1Cc2ccccc2C[C@@H]1Nc1cc(F)c(S(=O)(=O)Nc2nccs2)cc1Cl. The summed E-state index contributed by atoms with van der Waals surface area (Å²) in [5, 5.41) is 5.27. The van der Waals surface area contributed by atoms with Crippen LogP contribution in [0, 0.1) is 5.82 Å². The Labute approximate surface area is 190 Å². The number of thiazole rings is 1. The number of hydrogen-bond acceptors (Lipinski definition) is 6. The van der Waals surface area contributed by atoms with Gasteiger partial charge in [-0.2, -0.15) is 0 Å². The summed E-state index contributed by atoms with van der Waals surface area (Å²) in [4.78, 5) is 5.49. The molecule has 31 heavy (non-hydrogen) atoms. The van der Waals surface area contributed by atoms with Gasteiger partial charge in [0.1, 0.15) is 10.7 Å². The van der Waals surface area contributed by atoms with Crippen molar-refractivity contribution in [2.45, 2.75) is 29.8 Å². The van der Waals surface area contributed by atoms with Gasteiger partial charge in [0.2, 0.25) is 0 Å². The molecule has 1 heterocycles. The molecule has 3 aromatic rings. The Morgan fingerprint density at radius 2 is 1.90 bits per heavy atom. The lowest BCUT2D eigenvalue weighted by molar-refractivity contribution is 0.250. The lowest BCUT2D eigenvalue weighted by atomic mass is 9.84. The zero-order chi connectivity index (χ0) is 22.2. The van der Waals surface area contributed by atoms with Crippen molar-refractivity contribution in [3.63, 3.8) is 0 Å². The minimum atomic E-state index is -4.15. The molecule has 1 aromatic heterocycles. The van der Waals surface area contributed by atoms with E-state index in [1.54, 1.807) is 5.38 Å². The summed E-state index contributed by atoms with van der Waals surface area (Å²) in [6.07, 6.45) is 3.07. The van der Waals surface area contributed by atoms with Gasteiger partial charge in [0.15, 0.2) is 5.13 Å². The molecule has 0 aliphatic heterocycles. The lowest BCUT2D eigenvalue weighted by Crippen LogP contribution is -2.48. The number of fused-ring (bicyclic) bond motifs is 1. The molecule has 0 bridgehead atoms. The van der Waals surface area contributed by atoms with Crippen LogP contribution in [-0.4, -0.2) is 44.5 Å². The molecule has 10 heteroatoms. The fourth-order valence-electron chi connectivity index (χ4n) is 3.87. The van der Waals surface area contributed by atoms with Crippen molar-refractivity contribution in [1.29, 1.82) is 0 Å². The van der Waals surface area contributed by atoms with Crippen molar-refractivity contribution in [3.05, 3.63) is 69.9 Å². The van der Waals surface area contributed by atoms with Crippen LogP contribution in [0.1, 0.15) is 11.1 Å². The van der Waals surface area contributed by atoms with Gasteiger partial charge in [-0.1, -0.05) is 35.9 Å². The molecule has 0 saturated heterocycles. The lowest BCUT2D eigenvalue weighted by Gasteiger charge is -2.38. The number of rotatable bonds is 6. The average molecular weight is 481 g/mol. The largest absolute Gasteiger partial charge is 0.379 e. The van der Waals surface area contributed by atoms with Crippen LogP contribution in [-0.2, 0) is 22.9 Å². The molecule has 2 N–H and O–H groups in total. The van der Waals surface area contributed by atoms with Crippen molar-refractivity contribution in [1.82, 2.24) is 9.88 Å². The highest BCUT2D eigenvalue weighted by atomic mass is 35.5. The van der Waals surface area contributed by atoms with E-state index in [-0.39, 0.29) is 22.2 Å². The van der Waals surface area contributed by atoms with E-state index >= 15 is 0 Å². The van der Waals surface area contributed by atoms with Crippen LogP contribution in [0.25, 0.3) is 0 Å². The van der Waals surface area contributed by atoms with Gasteiger partial charge in [0.25, 0.3) is 10.0 Å². The summed E-state index contributed by atoms with van der Waals surface area (Å²) in [5.74, 6) is -0.881. The minimum absolute atomic E-state index is 0.0160. The van der Waals surface area contributed by atoms with Crippen LogP contribution >= 0.6 is 22.9 Å². The third kappa shape index (κ3) is 4.69. The smallest absolute Gasteiger partial charge is 0.266 e. The Bertz CT molecular complexity index is 1190. The molecular weight excluding hydrogens is 459 g/mol. The van der Waals surface area contributed by atoms with Crippen molar-refractivity contribution >= 4 is 43.8 Å². The highest BCUT2D eigenvalue weighted by molar-refractivity contribution is 7.93. The van der Waals surface area contributed by atoms with Crippen LogP contribution < -0.4 is 10.0 Å². The number of likely N-dealkylation sites (N-methyl/N-ethyl adjacent to an activating group) is 1. The second kappa shape index (κ2) is 8.74. The normalized spacial score (nSPS) is 18.6. The highest BCUT2D eigenvalue weighted by Crippen LogP contribution is 2.32. The van der Waals surface area contributed by atoms with Gasteiger partial charge < -0.3 is 10.2 Å². The van der Waals surface area contributed by atoms with Crippen LogP contribution in [0.5, 0.6) is 0 Å². The molecule has 4 rings (SSSR count). The Kier molecular flexibility index (Phi) is 6.20. The number of aromatic nitrogens is 1. The maximum atomic E-state index is 14.9. The van der Waals surface area contributed by atoms with Crippen LogP contribution in [0.3, 0.4) is 0 Å². The first kappa shape index (κ1) is 22.0. The van der Waals surface area contributed by atoms with Gasteiger partial charge in [-0.15, -0.1) is 11.3 Å². The summed E-state index contributed by atoms with van der Waals surface area (Å²) >= 11 is 7.49. The molecule has 6 nitrogen and oxygen atoms in total. The first-order valence-corrected chi connectivity index (χ1v) is 12.4. The topological polar surface area (TPSA) is 74.3 Å². The average Bonchev–Trinajstić information content (AvgIpc) is 3.22. The molecule has 2 atom stereocenters. The molecule has 0 radical (unpaired) electrons. The predicted molar refractivity (Wildman–Crippen MR) is 123 cm³/mol. The molecule has 164 valence electrons. The zero-order valence-corrected chi connectivity index (χ0v) is 19.4. The molecule has 2 aromatic carbocycles. The molecule has 0 unspecified atom stereocenters. The van der Waals surface area contributed by atoms with Gasteiger partial charge in [-0.3, -0.25) is 4.72 Å². The number of nitrogens with one attached hydrogen (secondary N) is 2. The number of halogens is 2. The van der Waals surface area contributed by atoms with E-state index in [9.17, 15) is 12.8 Å². The summed E-state index contributed by atoms with van der Waals surface area (Å²) < 4.78 is 42.3. The van der Waals surface area contributed by atoms with Crippen molar-refractivity contribution in [2.24, 2.45) is 0 Å². The third-order valence-corrected chi connectivity index (χ3v) is 7.91. The zero-order valence-electron chi connectivity index (χ0n) is 17.0. The van der Waals surface area contributed by atoms with Gasteiger partial charge in [-0.05, 0) is 50.2 Å². The van der Waals surface area contributed by atoms with E-state index in [4.69, 9.17) is 11.6 Å². The van der Waals surface area contributed by atoms with E-state index < -0.39 is 20.7 Å². The molecule has 1 aliphatic carbocycles. The fourth-order valence-corrected chi connectivity index (χ4v) is 6.03. The maximum Gasteiger partial charge on any atom is 0.266 e. The third-order valence-electron chi connectivity index (χ3n) is 5.42. The highest BCUT2D eigenvalue weighted by Gasteiger charge is 2.31. The van der Waals surface area contributed by atoms with Crippen molar-refractivity contribution in [2.75, 3.05) is 24.1 Å². The second-order valence-corrected chi connectivity index (χ2v) is 10.6. The monoisotopic (exact) mass is 480 g/mol. The van der Waals surface area contributed by atoms with Gasteiger partial charge in [-0.25, -0.2) is 17.8 Å². The number of nitrogens with zero attached hydrogens (tertiary/aromatic N) is 2. The van der Waals surface area contributed by atoms with E-state index in [1.807, 2.05) is 26.2 Å². The molecule has 0 amide bonds. The predicted octanol–water partition coefficient (Wildman–Crippen LogP) is 4.25. The van der Waals surface area contributed by atoms with Crippen LogP contribution in [0.15, 0.2) is 52.9 Å². The van der Waals surface area contributed by atoms with E-state index in [2.05, 4.69) is 32.1 Å². The van der Waals surface area contributed by atoms with Gasteiger partial charge in [0.05, 0.1) is 10.7 Å². The fraction of sp³-hybridized carbons (Fsp3) is 0.286. The number of sulfonamides is 1. The van der Waals surface area contributed by atoms with E-state index in [1.165, 1.54) is 17.3 Å². The number of benzene rings is 2. The molecule has 1 aliphatic rings. The van der Waals surface area contributed by atoms with Crippen molar-refractivity contribution in [3.8, 4) is 0 Å². The number of hydrogen-bond donors (Lipinski definition) is 2. The molecule has 0 saturated carbocycles. The Morgan fingerprint density at radius 3 is 2.55 bits per heavy atom.